The van der Waals surface area contributed by atoms with Crippen LogP contribution in [-0.4, -0.2) is 42.3 Å². The van der Waals surface area contributed by atoms with E-state index in [1.165, 1.54) is 11.8 Å². The molecule has 146 valence electrons. The maximum absolute atomic E-state index is 12.6. The average molecular weight is 415 g/mol. The highest BCUT2D eigenvalue weighted by atomic mass is 32.2. The summed E-state index contributed by atoms with van der Waals surface area (Å²) >= 11 is 1.42. The van der Waals surface area contributed by atoms with Crippen LogP contribution in [0.5, 0.6) is 0 Å². The summed E-state index contributed by atoms with van der Waals surface area (Å²) in [5.41, 5.74) is 3.98. The molecule has 2 heterocycles. The number of anilines is 1. The van der Waals surface area contributed by atoms with E-state index in [1.807, 2.05) is 67.3 Å². The highest BCUT2D eigenvalue weighted by Gasteiger charge is 2.49. The van der Waals surface area contributed by atoms with Crippen LogP contribution in [0, 0.1) is 13.8 Å². The van der Waals surface area contributed by atoms with Crippen molar-refractivity contribution in [2.75, 3.05) is 16.4 Å². The van der Waals surface area contributed by atoms with Crippen LogP contribution in [0.4, 0.5) is 5.69 Å². The highest BCUT2D eigenvalue weighted by molar-refractivity contribution is 8.16. The van der Waals surface area contributed by atoms with Gasteiger partial charge in [-0.15, -0.1) is 0 Å². The summed E-state index contributed by atoms with van der Waals surface area (Å²) in [5.74, 6) is 0.0211. The van der Waals surface area contributed by atoms with Crippen LogP contribution in [0.3, 0.4) is 0 Å². The van der Waals surface area contributed by atoms with Crippen LogP contribution in [0.1, 0.15) is 16.7 Å². The number of rotatable bonds is 3. The zero-order valence-corrected chi connectivity index (χ0v) is 17.5. The molecule has 28 heavy (non-hydrogen) atoms. The van der Waals surface area contributed by atoms with E-state index in [-0.39, 0.29) is 35.1 Å². The van der Waals surface area contributed by atoms with E-state index in [9.17, 15) is 13.2 Å². The molecule has 0 unspecified atom stereocenters. The van der Waals surface area contributed by atoms with Crippen molar-refractivity contribution in [2.24, 2.45) is 4.99 Å². The largest absolute Gasteiger partial charge is 0.315 e. The van der Waals surface area contributed by atoms with E-state index < -0.39 is 9.84 Å². The van der Waals surface area contributed by atoms with E-state index >= 15 is 0 Å². The average Bonchev–Trinajstić information content (AvgIpc) is 3.07. The number of fused-ring (bicyclic) bond motifs is 1. The number of nitrogens with zero attached hydrogens (tertiary/aromatic N) is 2. The second-order valence-corrected chi connectivity index (χ2v) is 10.7. The number of carbonyl (C=O) groups is 1. The van der Waals surface area contributed by atoms with Gasteiger partial charge in [0.05, 0.1) is 24.0 Å². The Balaban J connectivity index is 1.71. The molecule has 5 nitrogen and oxygen atoms in total. The predicted octanol–water partition coefficient (Wildman–Crippen LogP) is 3.15. The van der Waals surface area contributed by atoms with E-state index in [1.54, 1.807) is 0 Å². The van der Waals surface area contributed by atoms with E-state index in [2.05, 4.69) is 4.99 Å². The van der Waals surface area contributed by atoms with Crippen molar-refractivity contribution in [3.05, 3.63) is 65.2 Å². The number of thioether (sulfide) groups is 1. The van der Waals surface area contributed by atoms with Gasteiger partial charge in [-0.05, 0) is 30.5 Å². The quantitative estimate of drug-likeness (QED) is 0.772. The van der Waals surface area contributed by atoms with Crippen LogP contribution in [0.15, 0.2) is 53.5 Å². The van der Waals surface area contributed by atoms with Gasteiger partial charge in [0.1, 0.15) is 0 Å². The smallest absolute Gasteiger partial charge is 0.252 e. The van der Waals surface area contributed by atoms with Crippen LogP contribution < -0.4 is 4.90 Å². The predicted molar refractivity (Wildman–Crippen MR) is 115 cm³/mol. The standard InChI is InChI=1S/C21H22N2O3S2/c1-14-7-6-8-15(2)20(14)23-17-12-28(25,26)13-18(17)27-21(23)22-19(24)11-16-9-4-3-5-10-16/h3-10,17-18H,11-13H2,1-2H3/t17-,18+/m0/s1. The molecule has 2 atom stereocenters. The molecule has 0 bridgehead atoms. The fraction of sp³-hybridized carbons (Fsp3) is 0.333. The number of carbonyl (C=O) groups excluding carboxylic acids is 1. The fourth-order valence-corrected chi connectivity index (χ4v) is 7.85. The summed E-state index contributed by atoms with van der Waals surface area (Å²) in [6, 6.07) is 15.3. The third-order valence-corrected chi connectivity index (χ3v) is 8.38. The SMILES string of the molecule is Cc1cccc(C)c1N1C(=NC(=O)Cc2ccccc2)S[C@@H]2CS(=O)(=O)C[C@@H]21. The molecule has 0 aliphatic carbocycles. The number of amides is 1. The Labute approximate surface area is 169 Å². The highest BCUT2D eigenvalue weighted by Crippen LogP contribution is 2.43. The molecule has 7 heteroatoms. The molecule has 2 aromatic rings. The molecular weight excluding hydrogens is 392 g/mol. The zero-order valence-electron chi connectivity index (χ0n) is 15.8. The van der Waals surface area contributed by atoms with Crippen molar-refractivity contribution in [3.8, 4) is 0 Å². The lowest BCUT2D eigenvalue weighted by molar-refractivity contribution is -0.117. The lowest BCUT2D eigenvalue weighted by Gasteiger charge is -2.28. The van der Waals surface area contributed by atoms with Gasteiger partial charge in [0.2, 0.25) is 0 Å². The first-order chi connectivity index (χ1) is 13.3. The van der Waals surface area contributed by atoms with Crippen molar-refractivity contribution in [1.82, 2.24) is 0 Å². The third-order valence-electron chi connectivity index (χ3n) is 5.17. The Kier molecular flexibility index (Phi) is 5.05. The van der Waals surface area contributed by atoms with Crippen molar-refractivity contribution in [2.45, 2.75) is 31.6 Å². The van der Waals surface area contributed by atoms with Gasteiger partial charge in [0.15, 0.2) is 15.0 Å². The third kappa shape index (κ3) is 3.73. The zero-order chi connectivity index (χ0) is 19.9. The number of amidine groups is 1. The summed E-state index contributed by atoms with van der Waals surface area (Å²) in [4.78, 5) is 19.0. The van der Waals surface area contributed by atoms with Gasteiger partial charge < -0.3 is 4.90 Å². The van der Waals surface area contributed by atoms with Crippen LogP contribution in [0.2, 0.25) is 0 Å². The molecule has 4 rings (SSSR count). The lowest BCUT2D eigenvalue weighted by atomic mass is 10.1. The lowest BCUT2D eigenvalue weighted by Crippen LogP contribution is -2.38. The van der Waals surface area contributed by atoms with E-state index in [0.29, 0.717) is 5.17 Å². The molecular formula is C21H22N2O3S2. The molecule has 2 fully saturated rings. The molecule has 2 aliphatic heterocycles. The Morgan fingerprint density at radius 2 is 1.75 bits per heavy atom. The van der Waals surface area contributed by atoms with Gasteiger partial charge in [0.25, 0.3) is 5.91 Å². The minimum absolute atomic E-state index is 0.0905. The number of sulfone groups is 1. The van der Waals surface area contributed by atoms with Crippen molar-refractivity contribution >= 4 is 38.4 Å². The van der Waals surface area contributed by atoms with Gasteiger partial charge in [-0.3, -0.25) is 4.79 Å². The van der Waals surface area contributed by atoms with Crippen molar-refractivity contribution < 1.29 is 13.2 Å². The molecule has 0 N–H and O–H groups in total. The van der Waals surface area contributed by atoms with Crippen molar-refractivity contribution in [1.29, 1.82) is 0 Å². The molecule has 0 radical (unpaired) electrons. The van der Waals surface area contributed by atoms with Gasteiger partial charge in [0, 0.05) is 10.9 Å². The molecule has 2 aromatic carbocycles. The van der Waals surface area contributed by atoms with E-state index in [0.717, 1.165) is 22.4 Å². The first kappa shape index (κ1) is 19.2. The Hall–Kier alpha value is -2.12. The number of hydrogen-bond acceptors (Lipinski definition) is 4. The monoisotopic (exact) mass is 414 g/mol. The van der Waals surface area contributed by atoms with Crippen LogP contribution in [0.25, 0.3) is 0 Å². The molecule has 0 saturated carbocycles. The maximum Gasteiger partial charge on any atom is 0.252 e. The summed E-state index contributed by atoms with van der Waals surface area (Å²) in [5, 5.41) is 0.524. The first-order valence-corrected chi connectivity index (χ1v) is 11.9. The van der Waals surface area contributed by atoms with Crippen LogP contribution in [-0.2, 0) is 21.1 Å². The molecule has 0 aromatic heterocycles. The minimum Gasteiger partial charge on any atom is -0.315 e. The number of benzene rings is 2. The van der Waals surface area contributed by atoms with Crippen LogP contribution >= 0.6 is 11.8 Å². The van der Waals surface area contributed by atoms with Gasteiger partial charge in [-0.25, -0.2) is 8.42 Å². The first-order valence-electron chi connectivity index (χ1n) is 9.22. The normalized spacial score (nSPS) is 24.5. The van der Waals surface area contributed by atoms with Gasteiger partial charge in [-0.2, -0.15) is 4.99 Å². The molecule has 0 spiro atoms. The topological polar surface area (TPSA) is 66.8 Å². The van der Waals surface area contributed by atoms with E-state index in [4.69, 9.17) is 0 Å². The number of para-hydroxylation sites is 1. The Bertz CT molecular complexity index is 1030. The molecule has 1 amide bonds. The summed E-state index contributed by atoms with van der Waals surface area (Å²) in [6.45, 7) is 4.01. The maximum atomic E-state index is 12.6. The summed E-state index contributed by atoms with van der Waals surface area (Å²) in [6.07, 6.45) is 0.235. The summed E-state index contributed by atoms with van der Waals surface area (Å²) < 4.78 is 24.4. The van der Waals surface area contributed by atoms with Gasteiger partial charge >= 0.3 is 0 Å². The molecule has 2 saturated heterocycles. The summed E-state index contributed by atoms with van der Waals surface area (Å²) in [7, 11) is -3.07. The number of aliphatic imine (C=N–C) groups is 1. The van der Waals surface area contributed by atoms with Gasteiger partial charge in [-0.1, -0.05) is 60.3 Å². The Morgan fingerprint density at radius 1 is 1.07 bits per heavy atom. The second-order valence-electron chi connectivity index (χ2n) is 7.36. The van der Waals surface area contributed by atoms with Crippen molar-refractivity contribution in [3.63, 3.8) is 0 Å². The fourth-order valence-electron chi connectivity index (χ4n) is 3.93. The Morgan fingerprint density at radius 3 is 2.43 bits per heavy atom. The number of hydrogen-bond donors (Lipinski definition) is 0. The minimum atomic E-state index is -3.07. The number of aryl methyl sites for hydroxylation is 2. The molecule has 2 aliphatic rings. The second kappa shape index (κ2) is 7.37.